The maximum Gasteiger partial charge on any atom is 0.333 e. The molecule has 0 radical (unpaired) electrons. The topological polar surface area (TPSA) is 68.9 Å². The molecule has 0 aliphatic heterocycles. The number of aryl methyl sites for hydroxylation is 1. The Morgan fingerprint density at radius 1 is 1.21 bits per heavy atom. The van der Waals surface area contributed by atoms with Crippen molar-refractivity contribution < 1.29 is 4.92 Å². The molecule has 1 heterocycles. The van der Waals surface area contributed by atoms with Crippen LogP contribution in [0.1, 0.15) is 5.82 Å². The van der Waals surface area contributed by atoms with Gasteiger partial charge in [0.2, 0.25) is 0 Å². The van der Waals surface area contributed by atoms with Crippen LogP contribution in [0.5, 0.6) is 0 Å². The maximum absolute atomic E-state index is 10.8. The average Bonchev–Trinajstić information content (AvgIpc) is 2.15. The predicted molar refractivity (Wildman–Crippen MR) is 57.0 cm³/mol. The highest BCUT2D eigenvalue weighted by Crippen LogP contribution is 2.32. The molecule has 1 aromatic rings. The third-order valence-electron chi connectivity index (χ3n) is 1.50. The van der Waals surface area contributed by atoms with E-state index in [9.17, 15) is 10.1 Å². The molecule has 1 aromatic heterocycles. The van der Waals surface area contributed by atoms with E-state index in [2.05, 4.69) is 9.97 Å². The predicted octanol–water partition coefficient (Wildman–Crippen LogP) is 2.14. The van der Waals surface area contributed by atoms with Gasteiger partial charge in [-0.25, -0.2) is 9.97 Å². The summed E-state index contributed by atoms with van der Waals surface area (Å²) in [7, 11) is 0. The highest BCUT2D eigenvalue weighted by atomic mass is 32.2. The second kappa shape index (κ2) is 4.61. The monoisotopic (exact) mass is 231 g/mol. The average molecular weight is 231 g/mol. The largest absolute Gasteiger partial charge is 0.333 e. The van der Waals surface area contributed by atoms with E-state index in [1.807, 2.05) is 0 Å². The highest BCUT2D eigenvalue weighted by Gasteiger charge is 2.22. The number of nitro groups is 1. The molecular formula is C7H9N3O2S2. The number of aromatic nitrogens is 2. The van der Waals surface area contributed by atoms with E-state index >= 15 is 0 Å². The lowest BCUT2D eigenvalue weighted by Crippen LogP contribution is -2.00. The van der Waals surface area contributed by atoms with Crippen LogP contribution in [-0.4, -0.2) is 27.4 Å². The molecule has 5 nitrogen and oxygen atoms in total. The normalized spacial score (nSPS) is 10.2. The van der Waals surface area contributed by atoms with Crippen LogP contribution in [-0.2, 0) is 0 Å². The van der Waals surface area contributed by atoms with Crippen LogP contribution < -0.4 is 0 Å². The van der Waals surface area contributed by atoms with Crippen LogP contribution in [0.25, 0.3) is 0 Å². The lowest BCUT2D eigenvalue weighted by molar-refractivity contribution is -0.391. The molecule has 0 aliphatic rings. The molecular weight excluding hydrogens is 222 g/mol. The second-order valence-corrected chi connectivity index (χ2v) is 3.98. The minimum absolute atomic E-state index is 0.00981. The quantitative estimate of drug-likeness (QED) is 0.343. The number of thioether (sulfide) groups is 2. The Hall–Kier alpha value is -0.820. The lowest BCUT2D eigenvalue weighted by atomic mass is 10.5. The Bertz CT molecular complexity index is 345. The van der Waals surface area contributed by atoms with Gasteiger partial charge in [0.15, 0.2) is 10.1 Å². The first kappa shape index (κ1) is 11.3. The SMILES string of the molecule is CSc1nc(C)nc(SC)c1[N+](=O)[O-]. The Balaban J connectivity index is 3.40. The van der Waals surface area contributed by atoms with Gasteiger partial charge in [-0.15, -0.1) is 23.5 Å². The summed E-state index contributed by atoms with van der Waals surface area (Å²) >= 11 is 2.52. The molecule has 0 atom stereocenters. The number of hydrogen-bond acceptors (Lipinski definition) is 6. The van der Waals surface area contributed by atoms with Crippen molar-refractivity contribution in [3.8, 4) is 0 Å². The summed E-state index contributed by atoms with van der Waals surface area (Å²) in [6.45, 7) is 1.73. The lowest BCUT2D eigenvalue weighted by Gasteiger charge is -2.03. The zero-order valence-electron chi connectivity index (χ0n) is 7.97. The molecule has 0 bridgehead atoms. The molecule has 0 aromatic carbocycles. The zero-order chi connectivity index (χ0) is 10.7. The summed E-state index contributed by atoms with van der Waals surface area (Å²) in [6.07, 6.45) is 3.53. The van der Waals surface area contributed by atoms with Crippen LogP contribution in [0.3, 0.4) is 0 Å². The Labute approximate surface area is 89.9 Å². The maximum atomic E-state index is 10.8. The molecule has 0 aliphatic carbocycles. The van der Waals surface area contributed by atoms with Gasteiger partial charge in [0.25, 0.3) is 0 Å². The highest BCUT2D eigenvalue weighted by molar-refractivity contribution is 7.99. The zero-order valence-corrected chi connectivity index (χ0v) is 9.61. The standard InChI is InChI=1S/C7H9N3O2S2/c1-4-8-6(13-2)5(10(11)12)7(9-4)14-3/h1-3H3. The van der Waals surface area contributed by atoms with E-state index in [1.54, 1.807) is 19.4 Å². The minimum Gasteiger partial charge on any atom is -0.258 e. The Kier molecular flexibility index (Phi) is 3.70. The van der Waals surface area contributed by atoms with Crippen molar-refractivity contribution in [2.45, 2.75) is 17.0 Å². The molecule has 0 N–H and O–H groups in total. The second-order valence-electron chi connectivity index (χ2n) is 2.40. The van der Waals surface area contributed by atoms with Crippen LogP contribution in [0.4, 0.5) is 5.69 Å². The molecule has 0 unspecified atom stereocenters. The molecule has 0 saturated carbocycles. The van der Waals surface area contributed by atoms with E-state index in [1.165, 1.54) is 23.5 Å². The number of nitrogens with zero attached hydrogens (tertiary/aromatic N) is 3. The Morgan fingerprint density at radius 3 is 1.93 bits per heavy atom. The van der Waals surface area contributed by atoms with Crippen LogP contribution in [0, 0.1) is 17.0 Å². The van der Waals surface area contributed by atoms with Gasteiger partial charge in [-0.2, -0.15) is 0 Å². The van der Waals surface area contributed by atoms with Gasteiger partial charge in [-0.05, 0) is 19.4 Å². The third-order valence-corrected chi connectivity index (χ3v) is 2.84. The van der Waals surface area contributed by atoms with Crippen LogP contribution >= 0.6 is 23.5 Å². The van der Waals surface area contributed by atoms with Gasteiger partial charge in [0.1, 0.15) is 5.82 Å². The van der Waals surface area contributed by atoms with Gasteiger partial charge >= 0.3 is 5.69 Å². The third kappa shape index (κ3) is 2.16. The van der Waals surface area contributed by atoms with Crippen molar-refractivity contribution in [1.82, 2.24) is 9.97 Å². The van der Waals surface area contributed by atoms with Crippen LogP contribution in [0.2, 0.25) is 0 Å². The smallest absolute Gasteiger partial charge is 0.258 e. The van der Waals surface area contributed by atoms with Gasteiger partial charge in [-0.3, -0.25) is 10.1 Å². The molecule has 7 heteroatoms. The fourth-order valence-corrected chi connectivity index (χ4v) is 2.20. The first-order chi connectivity index (χ1) is 6.60. The summed E-state index contributed by atoms with van der Waals surface area (Å²) in [5.74, 6) is 0.560. The fraction of sp³-hybridized carbons (Fsp3) is 0.429. The first-order valence-electron chi connectivity index (χ1n) is 3.71. The van der Waals surface area contributed by atoms with E-state index in [4.69, 9.17) is 0 Å². The molecule has 0 amide bonds. The first-order valence-corrected chi connectivity index (χ1v) is 6.16. The van der Waals surface area contributed by atoms with Gasteiger partial charge in [0, 0.05) is 0 Å². The molecule has 1 rings (SSSR count). The van der Waals surface area contributed by atoms with E-state index in [0.717, 1.165) is 0 Å². The van der Waals surface area contributed by atoms with Gasteiger partial charge in [0.05, 0.1) is 4.92 Å². The number of rotatable bonds is 3. The molecule has 0 spiro atoms. The summed E-state index contributed by atoms with van der Waals surface area (Å²) in [5, 5.41) is 11.6. The summed E-state index contributed by atoms with van der Waals surface area (Å²) in [4.78, 5) is 18.4. The Morgan fingerprint density at radius 2 is 1.64 bits per heavy atom. The van der Waals surface area contributed by atoms with Crippen LogP contribution in [0.15, 0.2) is 10.1 Å². The molecule has 76 valence electrons. The van der Waals surface area contributed by atoms with Crippen molar-refractivity contribution in [3.05, 3.63) is 15.9 Å². The van der Waals surface area contributed by atoms with Gasteiger partial charge in [-0.1, -0.05) is 0 Å². The number of hydrogen-bond donors (Lipinski definition) is 0. The van der Waals surface area contributed by atoms with Crippen molar-refractivity contribution in [2.75, 3.05) is 12.5 Å². The summed E-state index contributed by atoms with van der Waals surface area (Å²) in [6, 6.07) is 0. The van der Waals surface area contributed by atoms with Crippen molar-refractivity contribution in [1.29, 1.82) is 0 Å². The van der Waals surface area contributed by atoms with E-state index in [-0.39, 0.29) is 5.69 Å². The molecule has 0 fully saturated rings. The van der Waals surface area contributed by atoms with Gasteiger partial charge < -0.3 is 0 Å². The van der Waals surface area contributed by atoms with Crippen molar-refractivity contribution in [3.63, 3.8) is 0 Å². The van der Waals surface area contributed by atoms with Crippen molar-refractivity contribution >= 4 is 29.2 Å². The van der Waals surface area contributed by atoms with E-state index < -0.39 is 4.92 Å². The fourth-order valence-electron chi connectivity index (χ4n) is 0.957. The summed E-state index contributed by atoms with van der Waals surface area (Å²) in [5.41, 5.74) is 0.00981. The minimum atomic E-state index is -0.433. The molecule has 14 heavy (non-hydrogen) atoms. The van der Waals surface area contributed by atoms with E-state index in [0.29, 0.717) is 15.9 Å². The van der Waals surface area contributed by atoms with Crippen molar-refractivity contribution in [2.24, 2.45) is 0 Å². The summed E-state index contributed by atoms with van der Waals surface area (Å²) < 4.78 is 0. The molecule has 0 saturated heterocycles.